The van der Waals surface area contributed by atoms with Gasteiger partial charge in [0.2, 0.25) is 5.76 Å². The number of piperidine rings is 1. The van der Waals surface area contributed by atoms with Crippen LogP contribution in [0, 0.1) is 5.92 Å². The van der Waals surface area contributed by atoms with Crippen LogP contribution in [0.4, 0.5) is 0 Å². The number of hydrogen-bond acceptors (Lipinski definition) is 4. The standard InChI is InChI=1S/C13H19NO4/c1-9-5-6-14(8-12(9)17-2)7-10-3-4-11(18-10)13(15)16/h3-4,9,12H,5-8H2,1-2H3,(H,15,16). The predicted molar refractivity (Wildman–Crippen MR) is 65.5 cm³/mol. The van der Waals surface area contributed by atoms with Gasteiger partial charge in [-0.25, -0.2) is 4.79 Å². The number of aromatic carboxylic acids is 1. The van der Waals surface area contributed by atoms with Gasteiger partial charge >= 0.3 is 5.97 Å². The Bertz CT molecular complexity index is 415. The van der Waals surface area contributed by atoms with Crippen molar-refractivity contribution in [2.24, 2.45) is 5.92 Å². The van der Waals surface area contributed by atoms with Gasteiger partial charge in [0.05, 0.1) is 12.6 Å². The maximum Gasteiger partial charge on any atom is 0.371 e. The zero-order valence-corrected chi connectivity index (χ0v) is 10.8. The van der Waals surface area contributed by atoms with Crippen molar-refractivity contribution in [3.63, 3.8) is 0 Å². The Morgan fingerprint density at radius 1 is 1.61 bits per heavy atom. The lowest BCUT2D eigenvalue weighted by atomic mass is 9.96. The van der Waals surface area contributed by atoms with E-state index in [1.807, 2.05) is 0 Å². The molecule has 100 valence electrons. The highest BCUT2D eigenvalue weighted by atomic mass is 16.5. The molecule has 0 bridgehead atoms. The predicted octanol–water partition coefficient (Wildman–Crippen LogP) is 1.83. The van der Waals surface area contributed by atoms with Crippen LogP contribution >= 0.6 is 0 Å². The van der Waals surface area contributed by atoms with Gasteiger partial charge < -0.3 is 14.3 Å². The second kappa shape index (κ2) is 5.54. The molecule has 1 aromatic heterocycles. The second-order valence-electron chi connectivity index (χ2n) is 4.85. The van der Waals surface area contributed by atoms with Crippen LogP contribution in [0.1, 0.15) is 29.7 Å². The molecule has 2 heterocycles. The number of carbonyl (C=O) groups is 1. The van der Waals surface area contributed by atoms with Crippen molar-refractivity contribution < 1.29 is 19.1 Å². The minimum atomic E-state index is -1.02. The van der Waals surface area contributed by atoms with Crippen molar-refractivity contribution in [2.45, 2.75) is 26.0 Å². The van der Waals surface area contributed by atoms with E-state index in [-0.39, 0.29) is 11.9 Å². The van der Waals surface area contributed by atoms with Gasteiger partial charge in [-0.15, -0.1) is 0 Å². The van der Waals surface area contributed by atoms with Gasteiger partial charge in [0.15, 0.2) is 0 Å². The molecule has 0 aliphatic carbocycles. The van der Waals surface area contributed by atoms with Crippen LogP contribution < -0.4 is 0 Å². The Hall–Kier alpha value is -1.33. The molecule has 0 spiro atoms. The zero-order chi connectivity index (χ0) is 13.1. The topological polar surface area (TPSA) is 62.9 Å². The summed E-state index contributed by atoms with van der Waals surface area (Å²) in [5.74, 6) is 0.233. The molecule has 0 radical (unpaired) electrons. The molecular weight excluding hydrogens is 234 g/mol. The monoisotopic (exact) mass is 253 g/mol. The number of furan rings is 1. The molecule has 5 heteroatoms. The first-order valence-electron chi connectivity index (χ1n) is 6.17. The van der Waals surface area contributed by atoms with Crippen LogP contribution in [0.2, 0.25) is 0 Å². The average molecular weight is 253 g/mol. The molecule has 0 aromatic carbocycles. The van der Waals surface area contributed by atoms with E-state index in [2.05, 4.69) is 11.8 Å². The number of hydrogen-bond donors (Lipinski definition) is 1. The van der Waals surface area contributed by atoms with Crippen LogP contribution in [-0.2, 0) is 11.3 Å². The fraction of sp³-hybridized carbons (Fsp3) is 0.615. The summed E-state index contributed by atoms with van der Waals surface area (Å²) in [7, 11) is 1.74. The molecule has 1 saturated heterocycles. The maximum atomic E-state index is 10.7. The fourth-order valence-electron chi connectivity index (χ4n) is 2.35. The van der Waals surface area contributed by atoms with Gasteiger partial charge in [-0.3, -0.25) is 4.90 Å². The lowest BCUT2D eigenvalue weighted by Gasteiger charge is -2.35. The molecular formula is C13H19NO4. The van der Waals surface area contributed by atoms with E-state index in [0.29, 0.717) is 18.2 Å². The van der Waals surface area contributed by atoms with E-state index >= 15 is 0 Å². The summed E-state index contributed by atoms with van der Waals surface area (Å²) in [5, 5.41) is 8.79. The lowest BCUT2D eigenvalue weighted by Crippen LogP contribution is -2.43. The molecule has 2 atom stereocenters. The maximum absolute atomic E-state index is 10.7. The fourth-order valence-corrected chi connectivity index (χ4v) is 2.35. The van der Waals surface area contributed by atoms with E-state index < -0.39 is 5.97 Å². The van der Waals surface area contributed by atoms with E-state index in [9.17, 15) is 4.79 Å². The lowest BCUT2D eigenvalue weighted by molar-refractivity contribution is -0.00929. The Morgan fingerprint density at radius 2 is 2.39 bits per heavy atom. The number of ether oxygens (including phenoxy) is 1. The molecule has 0 saturated carbocycles. The summed E-state index contributed by atoms with van der Waals surface area (Å²) >= 11 is 0. The molecule has 1 aromatic rings. The molecule has 18 heavy (non-hydrogen) atoms. The average Bonchev–Trinajstić information content (AvgIpc) is 2.80. The number of likely N-dealkylation sites (tertiary alicyclic amines) is 1. The molecule has 2 unspecified atom stereocenters. The van der Waals surface area contributed by atoms with E-state index in [4.69, 9.17) is 14.3 Å². The summed E-state index contributed by atoms with van der Waals surface area (Å²) < 4.78 is 10.7. The van der Waals surface area contributed by atoms with Crippen molar-refractivity contribution in [1.29, 1.82) is 0 Å². The van der Waals surface area contributed by atoms with Crippen molar-refractivity contribution in [2.75, 3.05) is 20.2 Å². The quantitative estimate of drug-likeness (QED) is 0.887. The van der Waals surface area contributed by atoms with Gasteiger partial charge in [-0.05, 0) is 31.0 Å². The first-order chi connectivity index (χ1) is 8.60. The van der Waals surface area contributed by atoms with Crippen LogP contribution in [0.25, 0.3) is 0 Å². The van der Waals surface area contributed by atoms with E-state index in [1.165, 1.54) is 6.07 Å². The van der Waals surface area contributed by atoms with Gasteiger partial charge in [-0.1, -0.05) is 6.92 Å². The second-order valence-corrected chi connectivity index (χ2v) is 4.85. The number of methoxy groups -OCH3 is 1. The highest BCUT2D eigenvalue weighted by Gasteiger charge is 2.26. The number of rotatable bonds is 4. The number of carboxylic acid groups (broad SMARTS) is 1. The minimum absolute atomic E-state index is 0.00123. The van der Waals surface area contributed by atoms with Crippen molar-refractivity contribution in [3.05, 3.63) is 23.7 Å². The van der Waals surface area contributed by atoms with Gasteiger partial charge in [0.1, 0.15) is 5.76 Å². The van der Waals surface area contributed by atoms with E-state index in [0.717, 1.165) is 19.5 Å². The highest BCUT2D eigenvalue weighted by Crippen LogP contribution is 2.21. The summed E-state index contributed by atoms with van der Waals surface area (Å²) in [6.45, 7) is 4.69. The van der Waals surface area contributed by atoms with Gasteiger partial charge in [0, 0.05) is 13.7 Å². The normalized spacial score (nSPS) is 25.2. The summed E-state index contributed by atoms with van der Waals surface area (Å²) in [6.07, 6.45) is 1.33. The third-order valence-corrected chi connectivity index (χ3v) is 3.53. The molecule has 1 aliphatic rings. The minimum Gasteiger partial charge on any atom is -0.475 e. The largest absolute Gasteiger partial charge is 0.475 e. The van der Waals surface area contributed by atoms with Crippen molar-refractivity contribution in [1.82, 2.24) is 4.90 Å². The molecule has 0 amide bonds. The summed E-state index contributed by atoms with van der Waals surface area (Å²) in [6, 6.07) is 3.22. The summed E-state index contributed by atoms with van der Waals surface area (Å²) in [4.78, 5) is 13.0. The van der Waals surface area contributed by atoms with Crippen LogP contribution in [0.5, 0.6) is 0 Å². The molecule has 1 aliphatic heterocycles. The first kappa shape index (κ1) is 13.1. The SMILES string of the molecule is COC1CN(Cc2ccc(C(=O)O)o2)CCC1C. The Kier molecular flexibility index (Phi) is 4.04. The third kappa shape index (κ3) is 2.91. The van der Waals surface area contributed by atoms with Gasteiger partial charge in [-0.2, -0.15) is 0 Å². The molecule has 1 N–H and O–H groups in total. The van der Waals surface area contributed by atoms with Crippen molar-refractivity contribution >= 4 is 5.97 Å². The molecule has 2 rings (SSSR count). The number of nitrogens with zero attached hydrogens (tertiary/aromatic N) is 1. The zero-order valence-electron chi connectivity index (χ0n) is 10.8. The smallest absolute Gasteiger partial charge is 0.371 e. The molecule has 5 nitrogen and oxygen atoms in total. The Balaban J connectivity index is 1.94. The van der Waals surface area contributed by atoms with E-state index in [1.54, 1.807) is 13.2 Å². The van der Waals surface area contributed by atoms with Crippen LogP contribution in [0.15, 0.2) is 16.5 Å². The van der Waals surface area contributed by atoms with Crippen molar-refractivity contribution in [3.8, 4) is 0 Å². The van der Waals surface area contributed by atoms with Gasteiger partial charge in [0.25, 0.3) is 0 Å². The summed E-state index contributed by atoms with van der Waals surface area (Å²) in [5.41, 5.74) is 0. The first-order valence-corrected chi connectivity index (χ1v) is 6.17. The number of carboxylic acids is 1. The van der Waals surface area contributed by atoms with Crippen LogP contribution in [0.3, 0.4) is 0 Å². The Labute approximate surface area is 106 Å². The highest BCUT2D eigenvalue weighted by molar-refractivity contribution is 5.84. The third-order valence-electron chi connectivity index (χ3n) is 3.53. The Morgan fingerprint density at radius 3 is 3.00 bits per heavy atom. The van der Waals surface area contributed by atoms with Crippen LogP contribution in [-0.4, -0.2) is 42.3 Å². The molecule has 1 fully saturated rings.